The Hall–Kier alpha value is -2.77. The Morgan fingerprint density at radius 3 is 2.45 bits per heavy atom. The molecule has 0 spiro atoms. The molecule has 1 amide bonds. The highest BCUT2D eigenvalue weighted by Crippen LogP contribution is 2.26. The van der Waals surface area contributed by atoms with Gasteiger partial charge in [-0.25, -0.2) is 0 Å². The lowest BCUT2D eigenvalue weighted by molar-refractivity contribution is -0.127. The van der Waals surface area contributed by atoms with E-state index in [1.54, 1.807) is 0 Å². The van der Waals surface area contributed by atoms with Gasteiger partial charge in [-0.2, -0.15) is 0 Å². The molecule has 0 radical (unpaired) electrons. The van der Waals surface area contributed by atoms with Crippen molar-refractivity contribution in [3.05, 3.63) is 54.1 Å². The third kappa shape index (κ3) is 8.26. The summed E-state index contributed by atoms with van der Waals surface area (Å²) in [5.74, 6) is 2.42. The molecule has 0 aromatic heterocycles. The van der Waals surface area contributed by atoms with Crippen LogP contribution >= 0.6 is 0 Å². The first kappa shape index (κ1) is 24.9. The van der Waals surface area contributed by atoms with Crippen LogP contribution < -0.4 is 14.2 Å². The van der Waals surface area contributed by atoms with Crippen LogP contribution in [0.25, 0.3) is 0 Å². The average molecular weight is 457 g/mol. The first-order valence-electron chi connectivity index (χ1n) is 11.8. The van der Waals surface area contributed by atoms with E-state index in [-0.39, 0.29) is 12.5 Å². The molecule has 7 heteroatoms. The highest BCUT2D eigenvalue weighted by Gasteiger charge is 2.19. The molecule has 1 heterocycles. The van der Waals surface area contributed by atoms with E-state index in [0.717, 1.165) is 37.2 Å². The molecule has 7 nitrogen and oxygen atoms in total. The Kier molecular flexibility index (Phi) is 9.84. The number of hydrogen-bond acceptors (Lipinski definition) is 6. The van der Waals surface area contributed by atoms with E-state index in [1.165, 1.54) is 0 Å². The Morgan fingerprint density at radius 2 is 1.79 bits per heavy atom. The van der Waals surface area contributed by atoms with E-state index in [9.17, 15) is 9.90 Å². The fraction of sp³-hybridized carbons (Fsp3) is 0.500. The maximum Gasteiger partial charge on any atom is 0.222 e. The molecule has 33 heavy (non-hydrogen) atoms. The predicted octanol–water partition coefficient (Wildman–Crippen LogP) is 3.35. The van der Waals surface area contributed by atoms with Crippen molar-refractivity contribution in [3.8, 4) is 17.2 Å². The molecular weight excluding hydrogens is 420 g/mol. The van der Waals surface area contributed by atoms with Crippen LogP contribution in [0.3, 0.4) is 0 Å². The monoisotopic (exact) mass is 456 g/mol. The van der Waals surface area contributed by atoms with Crippen LogP contribution in [-0.2, 0) is 11.3 Å². The van der Waals surface area contributed by atoms with Crippen LogP contribution in [0.2, 0.25) is 0 Å². The zero-order valence-electron chi connectivity index (χ0n) is 19.7. The number of rotatable bonds is 14. The molecule has 1 unspecified atom stereocenters. The molecule has 1 atom stereocenters. The highest BCUT2D eigenvalue weighted by molar-refractivity contribution is 5.77. The van der Waals surface area contributed by atoms with Gasteiger partial charge in [0.1, 0.15) is 18.5 Å². The number of hydrogen-bond donors (Lipinski definition) is 1. The molecule has 3 rings (SSSR count). The molecule has 1 aliphatic heterocycles. The number of aliphatic hydroxyl groups excluding tert-OH is 1. The number of amides is 1. The van der Waals surface area contributed by atoms with E-state index in [1.807, 2.05) is 67.4 Å². The number of ether oxygens (including phenoxy) is 3. The van der Waals surface area contributed by atoms with Crippen LogP contribution in [0.4, 0.5) is 0 Å². The van der Waals surface area contributed by atoms with Crippen molar-refractivity contribution in [1.29, 1.82) is 0 Å². The largest absolute Gasteiger partial charge is 0.494 e. The minimum Gasteiger partial charge on any atom is -0.494 e. The lowest BCUT2D eigenvalue weighted by atomic mass is 10.2. The van der Waals surface area contributed by atoms with Crippen LogP contribution in [0.5, 0.6) is 17.2 Å². The highest BCUT2D eigenvalue weighted by atomic mass is 16.5. The van der Waals surface area contributed by atoms with Crippen molar-refractivity contribution in [2.45, 2.75) is 38.8 Å². The maximum atomic E-state index is 11.6. The number of carbonyl (C=O) groups excluding carboxylic acids is 1. The van der Waals surface area contributed by atoms with Gasteiger partial charge in [0, 0.05) is 32.6 Å². The van der Waals surface area contributed by atoms with Crippen molar-refractivity contribution < 1.29 is 24.1 Å². The summed E-state index contributed by atoms with van der Waals surface area (Å²) < 4.78 is 17.1. The van der Waals surface area contributed by atoms with E-state index in [0.29, 0.717) is 44.2 Å². The SMILES string of the molecule is CCOc1ccccc1OCC(O)CN(C)Cc1ccc(OCCCN2CCCC2=O)cc1. The second-order valence-electron chi connectivity index (χ2n) is 8.37. The van der Waals surface area contributed by atoms with Gasteiger partial charge in [-0.05, 0) is 56.6 Å². The third-order valence-electron chi connectivity index (χ3n) is 5.49. The Balaban J connectivity index is 1.35. The molecule has 1 N–H and O–H groups in total. The van der Waals surface area contributed by atoms with Crippen molar-refractivity contribution in [1.82, 2.24) is 9.80 Å². The smallest absolute Gasteiger partial charge is 0.222 e. The maximum absolute atomic E-state index is 11.6. The first-order chi connectivity index (χ1) is 16.0. The summed E-state index contributed by atoms with van der Waals surface area (Å²) >= 11 is 0. The van der Waals surface area contributed by atoms with Crippen molar-refractivity contribution >= 4 is 5.91 Å². The fourth-order valence-electron chi connectivity index (χ4n) is 3.90. The minimum atomic E-state index is -0.616. The van der Waals surface area contributed by atoms with E-state index >= 15 is 0 Å². The van der Waals surface area contributed by atoms with Gasteiger partial charge in [-0.1, -0.05) is 24.3 Å². The van der Waals surface area contributed by atoms with Crippen LogP contribution in [0.1, 0.15) is 31.7 Å². The number of likely N-dealkylation sites (tertiary alicyclic amines) is 1. The second-order valence-corrected chi connectivity index (χ2v) is 8.37. The summed E-state index contributed by atoms with van der Waals surface area (Å²) in [6, 6.07) is 15.5. The molecule has 0 saturated carbocycles. The molecule has 1 saturated heterocycles. The zero-order chi connectivity index (χ0) is 23.5. The standard InChI is InChI=1S/C26H36N2O5/c1-3-31-24-8-4-5-9-25(24)33-20-22(29)19-27(2)18-21-11-13-23(14-12-21)32-17-7-16-28-15-6-10-26(28)30/h4-5,8-9,11-14,22,29H,3,6-7,10,15-20H2,1-2H3. The van der Waals surface area contributed by atoms with Gasteiger partial charge >= 0.3 is 0 Å². The van der Waals surface area contributed by atoms with Crippen molar-refractivity contribution in [2.75, 3.05) is 46.5 Å². The molecule has 2 aromatic rings. The summed E-state index contributed by atoms with van der Waals surface area (Å²) in [5.41, 5.74) is 1.14. The summed E-state index contributed by atoms with van der Waals surface area (Å²) in [5, 5.41) is 10.4. The molecular formula is C26H36N2O5. The molecule has 180 valence electrons. The summed E-state index contributed by atoms with van der Waals surface area (Å²) in [6.45, 7) is 6.14. The van der Waals surface area contributed by atoms with Crippen molar-refractivity contribution in [2.24, 2.45) is 0 Å². The summed E-state index contributed by atoms with van der Waals surface area (Å²) in [4.78, 5) is 15.6. The summed E-state index contributed by atoms with van der Waals surface area (Å²) in [7, 11) is 1.97. The van der Waals surface area contributed by atoms with Gasteiger partial charge in [0.2, 0.25) is 5.91 Å². The average Bonchev–Trinajstić information content (AvgIpc) is 3.22. The zero-order valence-corrected chi connectivity index (χ0v) is 19.7. The Labute approximate surface area is 196 Å². The van der Waals surface area contributed by atoms with Crippen LogP contribution in [-0.4, -0.2) is 73.4 Å². The van der Waals surface area contributed by atoms with Gasteiger partial charge in [-0.15, -0.1) is 0 Å². The molecule has 1 aliphatic rings. The third-order valence-corrected chi connectivity index (χ3v) is 5.49. The fourth-order valence-corrected chi connectivity index (χ4v) is 3.90. The minimum absolute atomic E-state index is 0.199. The van der Waals surface area contributed by atoms with Gasteiger partial charge in [-0.3, -0.25) is 9.69 Å². The van der Waals surface area contributed by atoms with E-state index in [2.05, 4.69) is 4.90 Å². The van der Waals surface area contributed by atoms with Gasteiger partial charge < -0.3 is 24.2 Å². The number of aliphatic hydroxyl groups is 1. The second kappa shape index (κ2) is 13.1. The number of nitrogens with zero attached hydrogens (tertiary/aromatic N) is 2. The molecule has 0 aliphatic carbocycles. The van der Waals surface area contributed by atoms with E-state index in [4.69, 9.17) is 14.2 Å². The molecule has 0 bridgehead atoms. The lowest BCUT2D eigenvalue weighted by Crippen LogP contribution is -2.32. The Morgan fingerprint density at radius 1 is 1.06 bits per heavy atom. The predicted molar refractivity (Wildman–Crippen MR) is 128 cm³/mol. The number of para-hydroxylation sites is 2. The molecule has 2 aromatic carbocycles. The first-order valence-corrected chi connectivity index (χ1v) is 11.8. The van der Waals surface area contributed by atoms with Gasteiger partial charge in [0.05, 0.1) is 13.2 Å². The normalized spacial score (nSPS) is 14.5. The number of carbonyl (C=O) groups is 1. The van der Waals surface area contributed by atoms with Gasteiger partial charge in [0.15, 0.2) is 11.5 Å². The van der Waals surface area contributed by atoms with Crippen molar-refractivity contribution in [3.63, 3.8) is 0 Å². The topological polar surface area (TPSA) is 71.5 Å². The van der Waals surface area contributed by atoms with Crippen LogP contribution in [0.15, 0.2) is 48.5 Å². The lowest BCUT2D eigenvalue weighted by Gasteiger charge is -2.21. The summed E-state index contributed by atoms with van der Waals surface area (Å²) in [6.07, 6.45) is 1.88. The van der Waals surface area contributed by atoms with E-state index < -0.39 is 6.10 Å². The molecule has 1 fully saturated rings. The van der Waals surface area contributed by atoms with Gasteiger partial charge in [0.25, 0.3) is 0 Å². The Bertz CT molecular complexity index is 858. The quantitative estimate of drug-likeness (QED) is 0.440. The number of benzene rings is 2. The number of likely N-dealkylation sites (N-methyl/N-ethyl adjacent to an activating group) is 1. The van der Waals surface area contributed by atoms with Crippen LogP contribution in [0, 0.1) is 0 Å².